The zero-order valence-corrected chi connectivity index (χ0v) is 15.5. The number of halogens is 1. The highest BCUT2D eigenvalue weighted by molar-refractivity contribution is 6.52. The van der Waals surface area contributed by atoms with E-state index in [-0.39, 0.29) is 10.9 Å². The van der Waals surface area contributed by atoms with Crippen LogP contribution in [0.4, 0.5) is 5.69 Å². The van der Waals surface area contributed by atoms with Crippen LogP contribution in [0.5, 0.6) is 0 Å². The van der Waals surface area contributed by atoms with Gasteiger partial charge >= 0.3 is 0 Å². The molecule has 26 heavy (non-hydrogen) atoms. The summed E-state index contributed by atoms with van der Waals surface area (Å²) in [5.41, 5.74) is 5.31. The molecule has 0 atom stereocenters. The van der Waals surface area contributed by atoms with Gasteiger partial charge in [-0.2, -0.15) is 0 Å². The molecule has 0 bridgehead atoms. The lowest BCUT2D eigenvalue weighted by Gasteiger charge is -2.31. The maximum absolute atomic E-state index is 13.1. The van der Waals surface area contributed by atoms with E-state index in [0.29, 0.717) is 24.5 Å². The normalized spacial score (nSPS) is 17.2. The zero-order chi connectivity index (χ0) is 18.4. The van der Waals surface area contributed by atoms with Gasteiger partial charge in [0.25, 0.3) is 11.8 Å². The maximum atomic E-state index is 13.1. The van der Waals surface area contributed by atoms with Crippen molar-refractivity contribution in [1.82, 2.24) is 4.90 Å². The number of nitrogens with zero attached hydrogens (tertiary/aromatic N) is 2. The van der Waals surface area contributed by atoms with Crippen LogP contribution in [-0.4, -0.2) is 23.3 Å². The average molecular weight is 367 g/mol. The molecule has 0 unspecified atom stereocenters. The summed E-state index contributed by atoms with van der Waals surface area (Å²) in [5, 5.41) is 0.00866. The summed E-state index contributed by atoms with van der Waals surface area (Å²) in [6.07, 6.45) is 0.828. The van der Waals surface area contributed by atoms with Gasteiger partial charge in [-0.3, -0.25) is 9.59 Å². The van der Waals surface area contributed by atoms with E-state index in [2.05, 4.69) is 12.1 Å². The minimum Gasteiger partial charge on any atom is -0.361 e. The van der Waals surface area contributed by atoms with Gasteiger partial charge in [-0.1, -0.05) is 53.6 Å². The fourth-order valence-electron chi connectivity index (χ4n) is 3.73. The molecular formula is C21H19ClN2O2. The number of carbonyl (C=O) groups is 2. The SMILES string of the molecule is Cc1ccc(N2C(=O)C(Cl)=C(N3CCc4ccccc4C3)C2=O)c(C)c1. The van der Waals surface area contributed by atoms with Crippen LogP contribution in [0, 0.1) is 13.8 Å². The Morgan fingerprint density at radius 1 is 0.962 bits per heavy atom. The fourth-order valence-corrected chi connectivity index (χ4v) is 4.01. The first kappa shape index (κ1) is 16.9. The van der Waals surface area contributed by atoms with Crippen molar-refractivity contribution in [3.8, 4) is 0 Å². The quantitative estimate of drug-likeness (QED) is 0.761. The van der Waals surface area contributed by atoms with Crippen LogP contribution >= 0.6 is 11.6 Å². The molecule has 2 aromatic carbocycles. The number of fused-ring (bicyclic) bond motifs is 1. The van der Waals surface area contributed by atoms with E-state index in [1.165, 1.54) is 16.0 Å². The predicted octanol–water partition coefficient (Wildman–Crippen LogP) is 3.69. The highest BCUT2D eigenvalue weighted by atomic mass is 35.5. The van der Waals surface area contributed by atoms with Gasteiger partial charge < -0.3 is 4.90 Å². The highest BCUT2D eigenvalue weighted by Crippen LogP contribution is 2.35. The molecule has 2 amide bonds. The Bertz CT molecular complexity index is 964. The van der Waals surface area contributed by atoms with Crippen molar-refractivity contribution in [3.05, 3.63) is 75.4 Å². The molecule has 2 aliphatic heterocycles. The topological polar surface area (TPSA) is 40.6 Å². The minimum absolute atomic E-state index is 0.00866. The number of aryl methyl sites for hydroxylation is 2. The highest BCUT2D eigenvalue weighted by Gasteiger charge is 2.42. The van der Waals surface area contributed by atoms with Gasteiger partial charge in [0.15, 0.2) is 0 Å². The first-order valence-electron chi connectivity index (χ1n) is 8.65. The summed E-state index contributed by atoms with van der Waals surface area (Å²) in [5.74, 6) is -0.788. The molecule has 2 aromatic rings. The number of rotatable bonds is 2. The lowest BCUT2D eigenvalue weighted by atomic mass is 9.99. The van der Waals surface area contributed by atoms with E-state index in [1.807, 2.05) is 43.0 Å². The van der Waals surface area contributed by atoms with Crippen molar-refractivity contribution < 1.29 is 9.59 Å². The van der Waals surface area contributed by atoms with Crippen LogP contribution < -0.4 is 4.90 Å². The Balaban J connectivity index is 1.68. The molecule has 4 rings (SSSR count). The molecule has 0 radical (unpaired) electrons. The van der Waals surface area contributed by atoms with Crippen molar-refractivity contribution >= 4 is 29.1 Å². The van der Waals surface area contributed by atoms with E-state index < -0.39 is 5.91 Å². The largest absolute Gasteiger partial charge is 0.361 e. The Morgan fingerprint density at radius 3 is 2.42 bits per heavy atom. The average Bonchev–Trinajstić information content (AvgIpc) is 2.84. The molecule has 0 spiro atoms. The molecule has 4 nitrogen and oxygen atoms in total. The minimum atomic E-state index is -0.447. The lowest BCUT2D eigenvalue weighted by molar-refractivity contribution is -0.121. The number of anilines is 1. The van der Waals surface area contributed by atoms with E-state index in [0.717, 1.165) is 17.5 Å². The second-order valence-electron chi connectivity index (χ2n) is 6.84. The number of carbonyl (C=O) groups excluding carboxylic acids is 2. The molecule has 2 heterocycles. The molecular weight excluding hydrogens is 348 g/mol. The van der Waals surface area contributed by atoms with E-state index >= 15 is 0 Å². The first-order valence-corrected chi connectivity index (χ1v) is 9.02. The lowest BCUT2D eigenvalue weighted by Crippen LogP contribution is -2.37. The summed E-state index contributed by atoms with van der Waals surface area (Å²) >= 11 is 6.34. The number of benzene rings is 2. The smallest absolute Gasteiger partial charge is 0.283 e. The molecule has 0 saturated heterocycles. The van der Waals surface area contributed by atoms with Crippen LogP contribution in [0.15, 0.2) is 53.2 Å². The molecule has 0 N–H and O–H groups in total. The van der Waals surface area contributed by atoms with Crippen molar-refractivity contribution in [2.75, 3.05) is 11.4 Å². The molecule has 0 aliphatic carbocycles. The van der Waals surface area contributed by atoms with Crippen molar-refractivity contribution in [2.24, 2.45) is 0 Å². The summed E-state index contributed by atoms with van der Waals surface area (Å²) in [7, 11) is 0. The van der Waals surface area contributed by atoms with E-state index in [4.69, 9.17) is 11.6 Å². The van der Waals surface area contributed by atoms with Gasteiger partial charge in [-0.25, -0.2) is 4.90 Å². The van der Waals surface area contributed by atoms with Gasteiger partial charge in [0, 0.05) is 13.1 Å². The van der Waals surface area contributed by atoms with E-state index in [9.17, 15) is 9.59 Å². The number of hydrogen-bond acceptors (Lipinski definition) is 3. The summed E-state index contributed by atoms with van der Waals surface area (Å²) in [6.45, 7) is 5.13. The number of hydrogen-bond donors (Lipinski definition) is 0. The second kappa shape index (κ2) is 6.29. The first-order chi connectivity index (χ1) is 12.5. The third-order valence-corrected chi connectivity index (χ3v) is 5.39. The monoisotopic (exact) mass is 366 g/mol. The Hall–Kier alpha value is -2.59. The van der Waals surface area contributed by atoms with Gasteiger partial charge in [0.2, 0.25) is 0 Å². The third-order valence-electron chi connectivity index (χ3n) is 5.04. The molecule has 132 valence electrons. The Labute approximate surface area is 157 Å². The Morgan fingerprint density at radius 2 is 1.69 bits per heavy atom. The van der Waals surface area contributed by atoms with Crippen LogP contribution in [0.25, 0.3) is 0 Å². The van der Waals surface area contributed by atoms with Crippen molar-refractivity contribution in [3.63, 3.8) is 0 Å². The standard InChI is InChI=1S/C21H19ClN2O2/c1-13-7-8-17(14(2)11-13)24-20(25)18(22)19(21(24)26)23-10-9-15-5-3-4-6-16(15)12-23/h3-8,11H,9-10,12H2,1-2H3. The summed E-state index contributed by atoms with van der Waals surface area (Å²) in [4.78, 5) is 29.0. The fraction of sp³-hybridized carbons (Fsp3) is 0.238. The third kappa shape index (κ3) is 2.61. The van der Waals surface area contributed by atoms with Gasteiger partial charge in [0.05, 0.1) is 5.69 Å². The Kier molecular flexibility index (Phi) is 4.08. The van der Waals surface area contributed by atoms with Crippen LogP contribution in [0.1, 0.15) is 22.3 Å². The molecule has 0 fully saturated rings. The van der Waals surface area contributed by atoms with Gasteiger partial charge in [-0.15, -0.1) is 0 Å². The van der Waals surface area contributed by atoms with Crippen LogP contribution in [0.2, 0.25) is 0 Å². The van der Waals surface area contributed by atoms with Crippen LogP contribution in [-0.2, 0) is 22.6 Å². The van der Waals surface area contributed by atoms with Crippen LogP contribution in [0.3, 0.4) is 0 Å². The summed E-state index contributed by atoms with van der Waals surface area (Å²) < 4.78 is 0. The van der Waals surface area contributed by atoms with E-state index in [1.54, 1.807) is 6.07 Å². The van der Waals surface area contributed by atoms with Crippen molar-refractivity contribution in [2.45, 2.75) is 26.8 Å². The van der Waals surface area contributed by atoms with Gasteiger partial charge in [-0.05, 0) is 43.0 Å². The summed E-state index contributed by atoms with van der Waals surface area (Å²) in [6, 6.07) is 13.8. The number of amides is 2. The second-order valence-corrected chi connectivity index (χ2v) is 7.22. The molecule has 2 aliphatic rings. The van der Waals surface area contributed by atoms with Crippen molar-refractivity contribution in [1.29, 1.82) is 0 Å². The van der Waals surface area contributed by atoms with Gasteiger partial charge in [0.1, 0.15) is 10.7 Å². The predicted molar refractivity (Wildman–Crippen MR) is 102 cm³/mol. The molecule has 0 aromatic heterocycles. The number of imide groups is 1. The molecule has 0 saturated carbocycles. The molecule has 5 heteroatoms. The zero-order valence-electron chi connectivity index (χ0n) is 14.8. The maximum Gasteiger partial charge on any atom is 0.283 e.